The van der Waals surface area contributed by atoms with Crippen molar-refractivity contribution < 1.29 is 9.53 Å². The lowest BCUT2D eigenvalue weighted by Crippen LogP contribution is -2.01. The van der Waals surface area contributed by atoms with Gasteiger partial charge in [0.15, 0.2) is 0 Å². The molecule has 2 aromatic rings. The highest BCUT2D eigenvalue weighted by atomic mass is 16.5. The first-order valence-corrected chi connectivity index (χ1v) is 4.35. The highest BCUT2D eigenvalue weighted by Crippen LogP contribution is 2.15. The summed E-state index contributed by atoms with van der Waals surface area (Å²) in [6, 6.07) is 3.27. The molecule has 0 saturated heterocycles. The van der Waals surface area contributed by atoms with E-state index in [1.54, 1.807) is 30.7 Å². The molecule has 0 aliphatic rings. The van der Waals surface area contributed by atoms with E-state index in [4.69, 9.17) is 0 Å². The van der Waals surface area contributed by atoms with Crippen molar-refractivity contribution in [1.29, 1.82) is 0 Å². The number of nitrogens with one attached hydrogen (secondary N) is 1. The molecule has 1 N–H and O–H groups in total. The van der Waals surface area contributed by atoms with E-state index in [9.17, 15) is 4.79 Å². The van der Waals surface area contributed by atoms with E-state index in [2.05, 4.69) is 19.9 Å². The van der Waals surface area contributed by atoms with Crippen LogP contribution in [-0.2, 0) is 4.74 Å². The van der Waals surface area contributed by atoms with Gasteiger partial charge in [0.25, 0.3) is 0 Å². The number of methoxy groups -OCH3 is 1. The third-order valence-corrected chi connectivity index (χ3v) is 1.98. The van der Waals surface area contributed by atoms with Crippen LogP contribution in [0.25, 0.3) is 11.3 Å². The first-order valence-electron chi connectivity index (χ1n) is 4.35. The average molecular weight is 203 g/mol. The summed E-state index contributed by atoms with van der Waals surface area (Å²) in [5.41, 5.74) is 2.00. The van der Waals surface area contributed by atoms with Gasteiger partial charge in [-0.15, -0.1) is 0 Å². The molecule has 0 aliphatic carbocycles. The molecule has 0 aliphatic heterocycles. The summed E-state index contributed by atoms with van der Waals surface area (Å²) in [6.45, 7) is 0. The summed E-state index contributed by atoms with van der Waals surface area (Å²) in [7, 11) is 1.35. The maximum absolute atomic E-state index is 11.3. The first-order chi connectivity index (χ1) is 7.31. The molecule has 76 valence electrons. The Morgan fingerprint density at radius 1 is 1.53 bits per heavy atom. The Kier molecular flexibility index (Phi) is 2.45. The van der Waals surface area contributed by atoms with Gasteiger partial charge in [-0.25, -0.2) is 4.79 Å². The molecule has 5 heteroatoms. The quantitative estimate of drug-likeness (QED) is 0.746. The SMILES string of the molecule is COC(=O)c1ccnc(-c2cn[nH]c2)c1. The summed E-state index contributed by atoms with van der Waals surface area (Å²) in [4.78, 5) is 15.4. The van der Waals surface area contributed by atoms with Crippen molar-refractivity contribution in [3.05, 3.63) is 36.3 Å². The molecule has 0 fully saturated rings. The number of carbonyl (C=O) groups excluding carboxylic acids is 1. The van der Waals surface area contributed by atoms with E-state index in [-0.39, 0.29) is 5.97 Å². The average Bonchev–Trinajstić information content (AvgIpc) is 2.82. The Morgan fingerprint density at radius 3 is 3.07 bits per heavy atom. The van der Waals surface area contributed by atoms with Gasteiger partial charge < -0.3 is 4.74 Å². The number of pyridine rings is 1. The second-order valence-electron chi connectivity index (χ2n) is 2.91. The van der Waals surface area contributed by atoms with Crippen LogP contribution in [-0.4, -0.2) is 28.3 Å². The molecule has 0 unspecified atom stereocenters. The molecule has 5 nitrogen and oxygen atoms in total. The number of aromatic nitrogens is 3. The highest BCUT2D eigenvalue weighted by molar-refractivity contribution is 5.90. The Labute approximate surface area is 86.1 Å². The number of esters is 1. The molecule has 0 amide bonds. The van der Waals surface area contributed by atoms with Crippen LogP contribution in [0.5, 0.6) is 0 Å². The van der Waals surface area contributed by atoms with Gasteiger partial charge in [0.05, 0.1) is 24.6 Å². The summed E-state index contributed by atoms with van der Waals surface area (Å²) >= 11 is 0. The minimum atomic E-state index is -0.373. The Morgan fingerprint density at radius 2 is 2.40 bits per heavy atom. The molecule has 0 bridgehead atoms. The zero-order valence-corrected chi connectivity index (χ0v) is 8.10. The second-order valence-corrected chi connectivity index (χ2v) is 2.91. The van der Waals surface area contributed by atoms with Crippen molar-refractivity contribution in [2.24, 2.45) is 0 Å². The predicted molar refractivity (Wildman–Crippen MR) is 53.2 cm³/mol. The molecule has 2 rings (SSSR count). The third kappa shape index (κ3) is 1.85. The zero-order valence-electron chi connectivity index (χ0n) is 8.10. The van der Waals surface area contributed by atoms with Gasteiger partial charge >= 0.3 is 5.97 Å². The normalized spacial score (nSPS) is 9.93. The van der Waals surface area contributed by atoms with E-state index in [1.807, 2.05) is 0 Å². The van der Waals surface area contributed by atoms with Crippen molar-refractivity contribution in [3.8, 4) is 11.3 Å². The third-order valence-electron chi connectivity index (χ3n) is 1.98. The van der Waals surface area contributed by atoms with Gasteiger partial charge in [-0.1, -0.05) is 0 Å². The maximum Gasteiger partial charge on any atom is 0.337 e. The van der Waals surface area contributed by atoms with Gasteiger partial charge in [-0.05, 0) is 12.1 Å². The van der Waals surface area contributed by atoms with E-state index in [0.717, 1.165) is 5.56 Å². The van der Waals surface area contributed by atoms with Gasteiger partial charge in [-0.2, -0.15) is 5.10 Å². The minimum absolute atomic E-state index is 0.373. The lowest BCUT2D eigenvalue weighted by Gasteiger charge is -2.00. The smallest absolute Gasteiger partial charge is 0.337 e. The number of H-pyrrole nitrogens is 1. The fraction of sp³-hybridized carbons (Fsp3) is 0.100. The van der Waals surface area contributed by atoms with Crippen molar-refractivity contribution in [2.45, 2.75) is 0 Å². The summed E-state index contributed by atoms with van der Waals surface area (Å²) in [5, 5.41) is 6.50. The molecular weight excluding hydrogens is 194 g/mol. The fourth-order valence-corrected chi connectivity index (χ4v) is 1.22. The molecule has 0 atom stereocenters. The number of aromatic amines is 1. The van der Waals surface area contributed by atoms with Crippen molar-refractivity contribution in [3.63, 3.8) is 0 Å². The van der Waals surface area contributed by atoms with Crippen molar-refractivity contribution in [1.82, 2.24) is 15.2 Å². The largest absolute Gasteiger partial charge is 0.465 e. The fourth-order valence-electron chi connectivity index (χ4n) is 1.22. The van der Waals surface area contributed by atoms with E-state index >= 15 is 0 Å². The number of rotatable bonds is 2. The lowest BCUT2D eigenvalue weighted by molar-refractivity contribution is 0.0600. The Balaban J connectivity index is 2.39. The maximum atomic E-state index is 11.3. The van der Waals surface area contributed by atoms with E-state index < -0.39 is 0 Å². The summed E-state index contributed by atoms with van der Waals surface area (Å²) in [5.74, 6) is -0.373. The lowest BCUT2D eigenvalue weighted by atomic mass is 10.1. The van der Waals surface area contributed by atoms with Crippen molar-refractivity contribution in [2.75, 3.05) is 7.11 Å². The van der Waals surface area contributed by atoms with E-state index in [0.29, 0.717) is 11.3 Å². The molecule has 0 saturated carbocycles. The van der Waals surface area contributed by atoms with Crippen LogP contribution in [0, 0.1) is 0 Å². The monoisotopic (exact) mass is 203 g/mol. The van der Waals surface area contributed by atoms with E-state index in [1.165, 1.54) is 7.11 Å². The van der Waals surface area contributed by atoms with Crippen LogP contribution < -0.4 is 0 Å². The van der Waals surface area contributed by atoms with Crippen LogP contribution in [0.2, 0.25) is 0 Å². The molecule has 0 spiro atoms. The molecule has 2 aromatic heterocycles. The topological polar surface area (TPSA) is 67.9 Å². The van der Waals surface area contributed by atoms with Crippen LogP contribution in [0.4, 0.5) is 0 Å². The number of nitrogens with zero attached hydrogens (tertiary/aromatic N) is 2. The highest BCUT2D eigenvalue weighted by Gasteiger charge is 2.07. The molecule has 2 heterocycles. The number of ether oxygens (including phenoxy) is 1. The van der Waals surface area contributed by atoms with Gasteiger partial charge in [0.1, 0.15) is 0 Å². The molecule has 15 heavy (non-hydrogen) atoms. The Bertz CT molecular complexity index is 465. The standard InChI is InChI=1S/C10H9N3O2/c1-15-10(14)7-2-3-11-9(4-7)8-5-12-13-6-8/h2-6H,1H3,(H,12,13). The number of hydrogen-bond donors (Lipinski definition) is 1. The predicted octanol–water partition coefficient (Wildman–Crippen LogP) is 1.26. The Hall–Kier alpha value is -2.17. The number of hydrogen-bond acceptors (Lipinski definition) is 4. The summed E-state index contributed by atoms with van der Waals surface area (Å²) in [6.07, 6.45) is 4.92. The van der Waals surface area contributed by atoms with Crippen LogP contribution >= 0.6 is 0 Å². The van der Waals surface area contributed by atoms with Gasteiger partial charge in [0.2, 0.25) is 0 Å². The first kappa shape index (κ1) is 9.39. The van der Waals surface area contributed by atoms with Crippen LogP contribution in [0.15, 0.2) is 30.7 Å². The van der Waals surface area contributed by atoms with Gasteiger partial charge in [-0.3, -0.25) is 10.1 Å². The minimum Gasteiger partial charge on any atom is -0.465 e. The second kappa shape index (κ2) is 3.91. The van der Waals surface area contributed by atoms with Crippen molar-refractivity contribution >= 4 is 5.97 Å². The number of carbonyl (C=O) groups is 1. The van der Waals surface area contributed by atoms with Crippen LogP contribution in [0.3, 0.4) is 0 Å². The molecular formula is C10H9N3O2. The summed E-state index contributed by atoms with van der Waals surface area (Å²) < 4.78 is 4.62. The molecule has 0 aromatic carbocycles. The van der Waals surface area contributed by atoms with Gasteiger partial charge in [0, 0.05) is 18.0 Å². The molecule has 0 radical (unpaired) electrons. The zero-order chi connectivity index (χ0) is 10.7. The van der Waals surface area contributed by atoms with Crippen LogP contribution in [0.1, 0.15) is 10.4 Å².